The highest BCUT2D eigenvalue weighted by Crippen LogP contribution is 2.25. The summed E-state index contributed by atoms with van der Waals surface area (Å²) in [6.07, 6.45) is 2.09. The molecule has 0 aliphatic carbocycles. The molecule has 1 aliphatic heterocycles. The number of aliphatic hydroxyl groups excluding tert-OH is 1. The van der Waals surface area contributed by atoms with Crippen LogP contribution >= 0.6 is 0 Å². The van der Waals surface area contributed by atoms with Gasteiger partial charge < -0.3 is 10.4 Å². The summed E-state index contributed by atoms with van der Waals surface area (Å²) in [5.74, 6) is 0.657. The lowest BCUT2D eigenvalue weighted by atomic mass is 10.2. The fraction of sp³-hybridized carbons (Fsp3) is 0.500. The summed E-state index contributed by atoms with van der Waals surface area (Å²) in [4.78, 5) is 4.15. The van der Waals surface area contributed by atoms with Crippen LogP contribution in [0.15, 0.2) is 23.4 Å². The van der Waals surface area contributed by atoms with E-state index >= 15 is 0 Å². The van der Waals surface area contributed by atoms with E-state index in [1.165, 1.54) is 0 Å². The highest BCUT2D eigenvalue weighted by Gasteiger charge is 2.21. The predicted molar refractivity (Wildman–Crippen MR) is 69.2 cm³/mol. The lowest BCUT2D eigenvalue weighted by Gasteiger charge is -2.20. The Morgan fingerprint density at radius 1 is 1.59 bits per heavy atom. The summed E-state index contributed by atoms with van der Waals surface area (Å²) in [5.41, 5.74) is 2.13. The van der Waals surface area contributed by atoms with Crippen LogP contribution in [0.1, 0.15) is 27.2 Å². The third-order valence-corrected chi connectivity index (χ3v) is 2.65. The Kier molecular flexibility index (Phi) is 3.28. The third kappa shape index (κ3) is 2.74. The van der Waals surface area contributed by atoms with Gasteiger partial charge in [-0.1, -0.05) is 0 Å². The Hall–Kier alpha value is -1.62. The predicted octanol–water partition coefficient (Wildman–Crippen LogP) is 1.81. The van der Waals surface area contributed by atoms with E-state index in [1.54, 1.807) is 13.1 Å². The normalized spacial score (nSPS) is 21.3. The van der Waals surface area contributed by atoms with Crippen LogP contribution in [-0.2, 0) is 0 Å². The number of aromatic nitrogens is 1. The van der Waals surface area contributed by atoms with E-state index in [4.69, 9.17) is 0 Å². The minimum atomic E-state index is -0.612. The number of nitrogens with zero attached hydrogens (tertiary/aromatic N) is 3. The van der Waals surface area contributed by atoms with Crippen molar-refractivity contribution in [2.24, 2.45) is 5.10 Å². The second kappa shape index (κ2) is 4.71. The maximum absolute atomic E-state index is 9.26. The summed E-state index contributed by atoms with van der Waals surface area (Å²) in [6.45, 7) is 5.84. The zero-order valence-electron chi connectivity index (χ0n) is 10.4. The second-order valence-corrected chi connectivity index (χ2v) is 4.45. The van der Waals surface area contributed by atoms with E-state index in [0.29, 0.717) is 11.9 Å². The van der Waals surface area contributed by atoms with Crippen LogP contribution in [0.4, 0.5) is 11.5 Å². The molecule has 2 atom stereocenters. The van der Waals surface area contributed by atoms with Crippen LogP contribution in [-0.4, -0.2) is 28.1 Å². The average Bonchev–Trinajstić information content (AvgIpc) is 2.57. The Labute approximate surface area is 101 Å². The molecule has 17 heavy (non-hydrogen) atoms. The van der Waals surface area contributed by atoms with Crippen molar-refractivity contribution >= 4 is 17.2 Å². The van der Waals surface area contributed by atoms with E-state index in [0.717, 1.165) is 17.8 Å². The number of hydrogen-bond donors (Lipinski definition) is 2. The van der Waals surface area contributed by atoms with Crippen molar-refractivity contribution in [3.63, 3.8) is 0 Å². The average molecular weight is 234 g/mol. The van der Waals surface area contributed by atoms with E-state index in [9.17, 15) is 5.11 Å². The summed E-state index contributed by atoms with van der Waals surface area (Å²) in [6, 6.07) is 4.19. The van der Waals surface area contributed by atoms with E-state index in [2.05, 4.69) is 22.3 Å². The fourth-order valence-electron chi connectivity index (χ4n) is 2.00. The molecule has 5 heteroatoms. The molecule has 0 saturated heterocycles. The second-order valence-electron chi connectivity index (χ2n) is 4.45. The number of nitrogens with one attached hydrogen (secondary N) is 1. The van der Waals surface area contributed by atoms with Gasteiger partial charge in [0.05, 0.1) is 11.7 Å². The maximum Gasteiger partial charge on any atom is 0.129 e. The quantitative estimate of drug-likeness (QED) is 0.783. The van der Waals surface area contributed by atoms with Crippen molar-refractivity contribution in [2.45, 2.75) is 39.5 Å². The molecule has 5 nitrogen and oxygen atoms in total. The topological polar surface area (TPSA) is 60.8 Å². The Morgan fingerprint density at radius 2 is 2.35 bits per heavy atom. The van der Waals surface area contributed by atoms with Crippen LogP contribution in [0.25, 0.3) is 0 Å². The van der Waals surface area contributed by atoms with Crippen molar-refractivity contribution in [1.29, 1.82) is 0 Å². The van der Waals surface area contributed by atoms with Gasteiger partial charge in [-0.15, -0.1) is 0 Å². The molecule has 0 radical (unpaired) electrons. The molecule has 0 fully saturated rings. The first kappa shape index (κ1) is 11.9. The summed E-state index contributed by atoms with van der Waals surface area (Å²) in [5, 5.41) is 18.6. The molecule has 1 aromatic rings. The van der Waals surface area contributed by atoms with Crippen molar-refractivity contribution in [3.05, 3.63) is 18.3 Å². The van der Waals surface area contributed by atoms with Gasteiger partial charge in [0, 0.05) is 24.4 Å². The van der Waals surface area contributed by atoms with Crippen molar-refractivity contribution < 1.29 is 5.11 Å². The highest BCUT2D eigenvalue weighted by molar-refractivity contribution is 5.86. The minimum absolute atomic E-state index is 0.372. The van der Waals surface area contributed by atoms with Gasteiger partial charge in [-0.3, -0.25) is 5.01 Å². The van der Waals surface area contributed by atoms with E-state index < -0.39 is 6.23 Å². The Balaban J connectivity index is 2.21. The molecule has 0 bridgehead atoms. The molecule has 2 rings (SSSR count). The van der Waals surface area contributed by atoms with Gasteiger partial charge >= 0.3 is 0 Å². The molecule has 1 aliphatic rings. The summed E-state index contributed by atoms with van der Waals surface area (Å²) in [7, 11) is 0. The van der Waals surface area contributed by atoms with Crippen molar-refractivity contribution in [1.82, 2.24) is 4.98 Å². The molecule has 2 N–H and O–H groups in total. The SMILES string of the molecule is CC1=NN(c2ccnc(NC(C)O)c2)C(C)C1. The Morgan fingerprint density at radius 3 is 2.94 bits per heavy atom. The molecule has 0 amide bonds. The van der Waals surface area contributed by atoms with Gasteiger partial charge in [0.25, 0.3) is 0 Å². The molecule has 1 aromatic heterocycles. The minimum Gasteiger partial charge on any atom is -0.374 e. The highest BCUT2D eigenvalue weighted by atomic mass is 16.3. The lowest BCUT2D eigenvalue weighted by Crippen LogP contribution is -2.23. The largest absolute Gasteiger partial charge is 0.374 e. The summed E-state index contributed by atoms with van der Waals surface area (Å²) < 4.78 is 0. The monoisotopic (exact) mass is 234 g/mol. The zero-order valence-corrected chi connectivity index (χ0v) is 10.4. The number of anilines is 2. The molecular weight excluding hydrogens is 216 g/mol. The van der Waals surface area contributed by atoms with Crippen LogP contribution in [0.3, 0.4) is 0 Å². The zero-order chi connectivity index (χ0) is 12.4. The van der Waals surface area contributed by atoms with Gasteiger partial charge in [0.1, 0.15) is 12.0 Å². The third-order valence-electron chi connectivity index (χ3n) is 2.65. The van der Waals surface area contributed by atoms with E-state index in [-0.39, 0.29) is 0 Å². The standard InChI is InChI=1S/C12H18N4O/c1-8-6-9(2)16(15-8)11-4-5-13-12(7-11)14-10(3)17/h4-5,7,9-10,17H,6H2,1-3H3,(H,13,14). The first-order valence-corrected chi connectivity index (χ1v) is 5.80. The van der Waals surface area contributed by atoms with Crippen LogP contribution in [0.2, 0.25) is 0 Å². The number of rotatable bonds is 3. The van der Waals surface area contributed by atoms with Gasteiger partial charge in [0.2, 0.25) is 0 Å². The maximum atomic E-state index is 9.26. The van der Waals surface area contributed by atoms with Crippen LogP contribution in [0.5, 0.6) is 0 Å². The summed E-state index contributed by atoms with van der Waals surface area (Å²) >= 11 is 0. The van der Waals surface area contributed by atoms with Crippen molar-refractivity contribution in [2.75, 3.05) is 10.3 Å². The first-order chi connectivity index (χ1) is 8.06. The van der Waals surface area contributed by atoms with E-state index in [1.807, 2.05) is 24.1 Å². The smallest absolute Gasteiger partial charge is 0.129 e. The molecule has 2 unspecified atom stereocenters. The lowest BCUT2D eigenvalue weighted by molar-refractivity contribution is 0.224. The van der Waals surface area contributed by atoms with Crippen LogP contribution < -0.4 is 10.3 Å². The number of hydrazone groups is 1. The number of aliphatic hydroxyl groups is 1. The van der Waals surface area contributed by atoms with Gasteiger partial charge in [-0.05, 0) is 26.8 Å². The molecular formula is C12H18N4O. The van der Waals surface area contributed by atoms with Crippen molar-refractivity contribution in [3.8, 4) is 0 Å². The van der Waals surface area contributed by atoms with Gasteiger partial charge in [0.15, 0.2) is 0 Å². The van der Waals surface area contributed by atoms with Crippen LogP contribution in [0, 0.1) is 0 Å². The molecule has 92 valence electrons. The number of pyridine rings is 1. The molecule has 0 aromatic carbocycles. The number of hydrogen-bond acceptors (Lipinski definition) is 5. The molecule has 2 heterocycles. The fourth-order valence-corrected chi connectivity index (χ4v) is 2.00. The van der Waals surface area contributed by atoms with Gasteiger partial charge in [-0.25, -0.2) is 4.98 Å². The Bertz CT molecular complexity index is 430. The first-order valence-electron chi connectivity index (χ1n) is 5.80. The van der Waals surface area contributed by atoms with Gasteiger partial charge in [-0.2, -0.15) is 5.10 Å². The molecule has 0 spiro atoms. The molecule has 0 saturated carbocycles.